The molecule has 0 aliphatic heterocycles. The van der Waals surface area contributed by atoms with E-state index in [1.54, 1.807) is 7.05 Å². The summed E-state index contributed by atoms with van der Waals surface area (Å²) in [5.41, 5.74) is 0.672. The van der Waals surface area contributed by atoms with Crippen LogP contribution in [0.15, 0.2) is 12.2 Å². The van der Waals surface area contributed by atoms with Crippen molar-refractivity contribution in [2.45, 2.75) is 65.0 Å². The predicted octanol–water partition coefficient (Wildman–Crippen LogP) is 2.21. The number of ether oxygens (including phenoxy) is 1. The number of hydrogen-bond donors (Lipinski definition) is 2. The van der Waals surface area contributed by atoms with Crippen LogP contribution in [0, 0.1) is 0 Å². The van der Waals surface area contributed by atoms with Crippen LogP contribution in [-0.2, 0) is 14.3 Å². The molecule has 1 amide bonds. The fraction of sp³-hybridized carbons (Fsp3) is 0.765. The van der Waals surface area contributed by atoms with Gasteiger partial charge in [-0.1, -0.05) is 12.5 Å². The molecule has 0 aliphatic carbocycles. The molecule has 0 aliphatic rings. The lowest BCUT2D eigenvalue weighted by molar-refractivity contribution is -0.123. The van der Waals surface area contributed by atoms with Crippen molar-refractivity contribution < 1.29 is 14.3 Å². The molecule has 0 aromatic carbocycles. The summed E-state index contributed by atoms with van der Waals surface area (Å²) in [5, 5.41) is 5.83. The second kappa shape index (κ2) is 10.5. The van der Waals surface area contributed by atoms with Gasteiger partial charge in [-0.05, 0) is 40.7 Å². The quantitative estimate of drug-likeness (QED) is 0.542. The minimum absolute atomic E-state index is 0.0549. The van der Waals surface area contributed by atoms with Crippen LogP contribution in [0.1, 0.15) is 53.4 Å². The van der Waals surface area contributed by atoms with E-state index >= 15 is 0 Å². The smallest absolute Gasteiger partial charge is 0.220 e. The summed E-state index contributed by atoms with van der Waals surface area (Å²) in [5.74, 6) is 0.0829. The molecule has 0 bridgehead atoms. The molecule has 128 valence electrons. The van der Waals surface area contributed by atoms with Gasteiger partial charge in [-0.2, -0.15) is 0 Å². The van der Waals surface area contributed by atoms with Gasteiger partial charge in [0, 0.05) is 19.4 Å². The lowest BCUT2D eigenvalue weighted by Crippen LogP contribution is -2.41. The van der Waals surface area contributed by atoms with E-state index in [1.165, 1.54) is 0 Å². The van der Waals surface area contributed by atoms with Crippen molar-refractivity contribution in [3.8, 4) is 0 Å². The van der Waals surface area contributed by atoms with Crippen LogP contribution in [0.5, 0.6) is 0 Å². The molecular weight excluding hydrogens is 280 g/mol. The minimum Gasteiger partial charge on any atom is -0.373 e. The van der Waals surface area contributed by atoms with E-state index in [0.29, 0.717) is 32.4 Å². The number of hydrogen-bond acceptors (Lipinski definition) is 4. The van der Waals surface area contributed by atoms with E-state index in [-0.39, 0.29) is 17.7 Å². The molecule has 22 heavy (non-hydrogen) atoms. The summed E-state index contributed by atoms with van der Waals surface area (Å²) in [6, 6.07) is -0.240. The Balaban J connectivity index is 4.05. The summed E-state index contributed by atoms with van der Waals surface area (Å²) in [6.45, 7) is 12.6. The molecule has 1 unspecified atom stereocenters. The van der Waals surface area contributed by atoms with Crippen LogP contribution in [0.4, 0.5) is 0 Å². The van der Waals surface area contributed by atoms with Crippen LogP contribution < -0.4 is 10.6 Å². The number of amides is 1. The first-order chi connectivity index (χ1) is 10.2. The first kappa shape index (κ1) is 20.8. The first-order valence-corrected chi connectivity index (χ1v) is 7.97. The summed E-state index contributed by atoms with van der Waals surface area (Å²) in [7, 11) is 1.74. The average molecular weight is 312 g/mol. The highest BCUT2D eigenvalue weighted by Crippen LogP contribution is 2.10. The molecule has 0 saturated carbocycles. The predicted molar refractivity (Wildman–Crippen MR) is 89.9 cm³/mol. The van der Waals surface area contributed by atoms with Gasteiger partial charge in [0.05, 0.1) is 18.2 Å². The lowest BCUT2D eigenvalue weighted by Gasteiger charge is -2.26. The molecule has 0 saturated heterocycles. The fourth-order valence-corrected chi connectivity index (χ4v) is 1.94. The Morgan fingerprint density at radius 2 is 1.91 bits per heavy atom. The van der Waals surface area contributed by atoms with E-state index in [4.69, 9.17) is 4.74 Å². The first-order valence-electron chi connectivity index (χ1n) is 7.97. The number of carbonyl (C=O) groups excluding carboxylic acids is 2. The Kier molecular flexibility index (Phi) is 9.94. The number of rotatable bonds is 12. The standard InChI is InChI=1S/C17H32N2O3/c1-7-15(20)14(18-6)8-9-16(21)19-12-17(4,5)22-11-10-13(2)3/h14,18H,2,7-12H2,1,3-6H3,(H,19,21). The maximum absolute atomic E-state index is 11.9. The Morgan fingerprint density at radius 3 is 2.41 bits per heavy atom. The van der Waals surface area contributed by atoms with Gasteiger partial charge in [-0.3, -0.25) is 9.59 Å². The van der Waals surface area contributed by atoms with Gasteiger partial charge >= 0.3 is 0 Å². The van der Waals surface area contributed by atoms with Crippen LogP contribution in [-0.4, -0.2) is 43.5 Å². The third kappa shape index (κ3) is 9.68. The summed E-state index contributed by atoms with van der Waals surface area (Å²) >= 11 is 0. The zero-order valence-corrected chi connectivity index (χ0v) is 14.8. The average Bonchev–Trinajstić information content (AvgIpc) is 2.44. The number of nitrogens with one attached hydrogen (secondary N) is 2. The summed E-state index contributed by atoms with van der Waals surface area (Å²) < 4.78 is 5.75. The number of Topliss-reactive ketones (excluding diaryl/α,β-unsaturated/α-hetero) is 1. The highest BCUT2D eigenvalue weighted by molar-refractivity contribution is 5.84. The topological polar surface area (TPSA) is 67.4 Å². The van der Waals surface area contributed by atoms with E-state index in [9.17, 15) is 9.59 Å². The molecule has 0 radical (unpaired) electrons. The minimum atomic E-state index is -0.410. The van der Waals surface area contributed by atoms with Gasteiger partial charge < -0.3 is 15.4 Å². The van der Waals surface area contributed by atoms with Crippen LogP contribution in [0.2, 0.25) is 0 Å². The Hall–Kier alpha value is -1.20. The molecule has 5 nitrogen and oxygen atoms in total. The van der Waals surface area contributed by atoms with Crippen molar-refractivity contribution in [3.05, 3.63) is 12.2 Å². The molecule has 5 heteroatoms. The van der Waals surface area contributed by atoms with Gasteiger partial charge in [-0.25, -0.2) is 0 Å². The highest BCUT2D eigenvalue weighted by Gasteiger charge is 2.20. The third-order valence-corrected chi connectivity index (χ3v) is 3.48. The van der Waals surface area contributed by atoms with Crippen molar-refractivity contribution >= 4 is 11.7 Å². The summed E-state index contributed by atoms with van der Waals surface area (Å²) in [6.07, 6.45) is 2.15. The van der Waals surface area contributed by atoms with Gasteiger partial charge in [0.2, 0.25) is 5.91 Å². The van der Waals surface area contributed by atoms with Crippen molar-refractivity contribution in [2.24, 2.45) is 0 Å². The Bertz CT molecular complexity index is 378. The van der Waals surface area contributed by atoms with Gasteiger partial charge in [-0.15, -0.1) is 6.58 Å². The number of likely N-dealkylation sites (N-methyl/N-ethyl adjacent to an activating group) is 1. The van der Waals surface area contributed by atoms with Gasteiger partial charge in [0.1, 0.15) is 5.78 Å². The molecule has 2 N–H and O–H groups in total. The molecule has 0 heterocycles. The zero-order chi connectivity index (χ0) is 17.2. The van der Waals surface area contributed by atoms with E-state index < -0.39 is 5.60 Å². The monoisotopic (exact) mass is 312 g/mol. The van der Waals surface area contributed by atoms with Crippen molar-refractivity contribution in [1.82, 2.24) is 10.6 Å². The lowest BCUT2D eigenvalue weighted by atomic mass is 10.0. The molecule has 0 rings (SSSR count). The van der Waals surface area contributed by atoms with Gasteiger partial charge in [0.15, 0.2) is 0 Å². The highest BCUT2D eigenvalue weighted by atomic mass is 16.5. The molecule has 0 spiro atoms. The zero-order valence-electron chi connectivity index (χ0n) is 14.8. The van der Waals surface area contributed by atoms with Gasteiger partial charge in [0.25, 0.3) is 0 Å². The molecular formula is C17H32N2O3. The van der Waals surface area contributed by atoms with Crippen LogP contribution in [0.25, 0.3) is 0 Å². The van der Waals surface area contributed by atoms with Crippen molar-refractivity contribution in [2.75, 3.05) is 20.2 Å². The maximum Gasteiger partial charge on any atom is 0.220 e. The number of carbonyl (C=O) groups is 2. The van der Waals surface area contributed by atoms with Crippen molar-refractivity contribution in [3.63, 3.8) is 0 Å². The maximum atomic E-state index is 11.9. The second-order valence-electron chi connectivity index (χ2n) is 6.29. The SMILES string of the molecule is C=C(C)CCOC(C)(C)CNC(=O)CCC(NC)C(=O)CC. The van der Waals surface area contributed by atoms with E-state index in [1.807, 2.05) is 27.7 Å². The molecule has 1 atom stereocenters. The normalized spacial score (nSPS) is 12.8. The van der Waals surface area contributed by atoms with E-state index in [0.717, 1.165) is 12.0 Å². The van der Waals surface area contributed by atoms with Crippen LogP contribution >= 0.6 is 0 Å². The Morgan fingerprint density at radius 1 is 1.27 bits per heavy atom. The third-order valence-electron chi connectivity index (χ3n) is 3.48. The Labute approximate surface area is 134 Å². The largest absolute Gasteiger partial charge is 0.373 e. The second-order valence-corrected chi connectivity index (χ2v) is 6.29. The van der Waals surface area contributed by atoms with E-state index in [2.05, 4.69) is 17.2 Å². The molecule has 0 aromatic heterocycles. The fourth-order valence-electron chi connectivity index (χ4n) is 1.94. The molecule has 0 fully saturated rings. The molecule has 0 aromatic rings. The summed E-state index contributed by atoms with van der Waals surface area (Å²) in [4.78, 5) is 23.5. The van der Waals surface area contributed by atoms with Crippen LogP contribution in [0.3, 0.4) is 0 Å². The number of ketones is 1. The van der Waals surface area contributed by atoms with Crippen molar-refractivity contribution in [1.29, 1.82) is 0 Å².